The Bertz CT molecular complexity index is 928. The quantitative estimate of drug-likeness (QED) is 0.468. The van der Waals surface area contributed by atoms with E-state index in [2.05, 4.69) is 0 Å². The van der Waals surface area contributed by atoms with E-state index in [9.17, 15) is 9.59 Å². The minimum atomic E-state index is -0.894. The standard InChI is InChI=1S/C25H28O11/c1-28-23(26)15-4-8-17(9-5-15)31-12-19-21-22(36-25(30-3)35-21)20(34-14-33-19)13-32-18-10-6-16(7-11-18)24(27)29-2/h4-11,19-22,25H,12-14H2,1-3H3/t19-,20-,21-,22-/m1/s1. The molecule has 0 bridgehead atoms. The third-order valence-electron chi connectivity index (χ3n) is 5.73. The molecular weight excluding hydrogens is 476 g/mol. The molecule has 2 fully saturated rings. The summed E-state index contributed by atoms with van der Waals surface area (Å²) in [6, 6.07) is 13.1. The first-order valence-corrected chi connectivity index (χ1v) is 11.2. The normalized spacial score (nSPS) is 23.9. The molecule has 11 heteroatoms. The van der Waals surface area contributed by atoms with E-state index in [4.69, 9.17) is 42.6 Å². The van der Waals surface area contributed by atoms with Gasteiger partial charge in [-0.2, -0.15) is 0 Å². The molecule has 0 aromatic heterocycles. The number of benzene rings is 2. The molecule has 0 N–H and O–H groups in total. The summed E-state index contributed by atoms with van der Waals surface area (Å²) in [6.45, 7) is -0.634. The van der Waals surface area contributed by atoms with Gasteiger partial charge in [0.2, 0.25) is 0 Å². The maximum Gasteiger partial charge on any atom is 0.337 e. The lowest BCUT2D eigenvalue weighted by Crippen LogP contribution is -2.45. The van der Waals surface area contributed by atoms with Crippen molar-refractivity contribution in [1.29, 1.82) is 0 Å². The molecule has 0 unspecified atom stereocenters. The fourth-order valence-electron chi connectivity index (χ4n) is 3.81. The Morgan fingerprint density at radius 3 is 1.50 bits per heavy atom. The van der Waals surface area contributed by atoms with Gasteiger partial charge in [0.25, 0.3) is 6.48 Å². The monoisotopic (exact) mass is 504 g/mol. The Morgan fingerprint density at radius 1 is 0.722 bits per heavy atom. The van der Waals surface area contributed by atoms with Crippen molar-refractivity contribution in [3.8, 4) is 11.5 Å². The summed E-state index contributed by atoms with van der Waals surface area (Å²) in [6.07, 6.45) is -2.16. The third-order valence-corrected chi connectivity index (χ3v) is 5.73. The van der Waals surface area contributed by atoms with Gasteiger partial charge in [-0.05, 0) is 48.5 Å². The Labute approximate surface area is 208 Å². The van der Waals surface area contributed by atoms with Crippen LogP contribution in [0.2, 0.25) is 0 Å². The van der Waals surface area contributed by atoms with E-state index < -0.39 is 42.8 Å². The zero-order valence-electron chi connectivity index (χ0n) is 20.1. The molecule has 36 heavy (non-hydrogen) atoms. The minimum absolute atomic E-state index is 0.0258. The first-order valence-electron chi connectivity index (χ1n) is 11.2. The second kappa shape index (κ2) is 12.2. The van der Waals surface area contributed by atoms with Crippen molar-refractivity contribution in [2.24, 2.45) is 0 Å². The van der Waals surface area contributed by atoms with Gasteiger partial charge in [-0.15, -0.1) is 0 Å². The molecule has 2 aromatic carbocycles. The topological polar surface area (TPSA) is 117 Å². The summed E-state index contributed by atoms with van der Waals surface area (Å²) in [4.78, 5) is 23.2. The van der Waals surface area contributed by atoms with Crippen LogP contribution in [0.5, 0.6) is 11.5 Å². The van der Waals surface area contributed by atoms with Crippen LogP contribution in [0.3, 0.4) is 0 Å². The molecule has 0 radical (unpaired) electrons. The predicted molar refractivity (Wildman–Crippen MR) is 122 cm³/mol. The van der Waals surface area contributed by atoms with Crippen LogP contribution in [0.1, 0.15) is 20.7 Å². The lowest BCUT2D eigenvalue weighted by Gasteiger charge is -2.25. The third kappa shape index (κ3) is 6.12. The Balaban J connectivity index is 1.38. The van der Waals surface area contributed by atoms with Gasteiger partial charge < -0.3 is 42.6 Å². The van der Waals surface area contributed by atoms with Crippen LogP contribution >= 0.6 is 0 Å². The van der Waals surface area contributed by atoms with Crippen LogP contribution in [0.15, 0.2) is 48.5 Å². The van der Waals surface area contributed by atoms with E-state index in [1.54, 1.807) is 48.5 Å². The molecule has 194 valence electrons. The lowest BCUT2D eigenvalue weighted by atomic mass is 10.0. The van der Waals surface area contributed by atoms with Crippen LogP contribution in [0.4, 0.5) is 0 Å². The molecule has 0 aliphatic carbocycles. The summed E-state index contributed by atoms with van der Waals surface area (Å²) in [7, 11) is 4.12. The second-order valence-electron chi connectivity index (χ2n) is 7.91. The van der Waals surface area contributed by atoms with Crippen LogP contribution in [0, 0.1) is 0 Å². The molecule has 2 aliphatic heterocycles. The molecule has 0 saturated carbocycles. The van der Waals surface area contributed by atoms with Gasteiger partial charge in [-0.1, -0.05) is 0 Å². The average molecular weight is 504 g/mol. The van der Waals surface area contributed by atoms with Gasteiger partial charge in [0, 0.05) is 7.11 Å². The highest BCUT2D eigenvalue weighted by molar-refractivity contribution is 5.89. The van der Waals surface area contributed by atoms with Gasteiger partial charge in [0.05, 0.1) is 25.3 Å². The largest absolute Gasteiger partial charge is 0.491 e. The number of hydrogen-bond donors (Lipinski definition) is 0. The fourth-order valence-corrected chi connectivity index (χ4v) is 3.81. The number of ether oxygens (including phenoxy) is 9. The minimum Gasteiger partial charge on any atom is -0.491 e. The number of rotatable bonds is 9. The Kier molecular flexibility index (Phi) is 8.73. The number of fused-ring (bicyclic) bond motifs is 1. The van der Waals surface area contributed by atoms with Crippen molar-refractivity contribution < 1.29 is 52.2 Å². The summed E-state index contributed by atoms with van der Waals surface area (Å²) in [5.41, 5.74) is 0.838. The van der Waals surface area contributed by atoms with E-state index in [0.717, 1.165) is 0 Å². The molecular formula is C25H28O11. The highest BCUT2D eigenvalue weighted by Gasteiger charge is 2.48. The molecule has 11 nitrogen and oxygen atoms in total. The molecule has 2 saturated heterocycles. The van der Waals surface area contributed by atoms with Gasteiger partial charge in [-0.3, -0.25) is 0 Å². The summed E-state index contributed by atoms with van der Waals surface area (Å²) in [5, 5.41) is 0. The summed E-state index contributed by atoms with van der Waals surface area (Å²) >= 11 is 0. The molecule has 0 amide bonds. The van der Waals surface area contributed by atoms with Crippen LogP contribution in [-0.2, 0) is 33.2 Å². The van der Waals surface area contributed by atoms with Gasteiger partial charge >= 0.3 is 11.9 Å². The Hall–Kier alpha value is -3.22. The smallest absolute Gasteiger partial charge is 0.337 e. The number of methoxy groups -OCH3 is 3. The van der Waals surface area contributed by atoms with Gasteiger partial charge in [0.15, 0.2) is 0 Å². The summed E-state index contributed by atoms with van der Waals surface area (Å²) < 4.78 is 49.9. The van der Waals surface area contributed by atoms with E-state index in [0.29, 0.717) is 22.6 Å². The fraction of sp³-hybridized carbons (Fsp3) is 0.440. The second-order valence-corrected chi connectivity index (χ2v) is 7.91. The van der Waals surface area contributed by atoms with Gasteiger partial charge in [-0.25, -0.2) is 9.59 Å². The van der Waals surface area contributed by atoms with Crippen molar-refractivity contribution in [3.05, 3.63) is 59.7 Å². The van der Waals surface area contributed by atoms with Gasteiger partial charge in [0.1, 0.15) is 55.9 Å². The number of hydrogen-bond acceptors (Lipinski definition) is 11. The van der Waals surface area contributed by atoms with Crippen molar-refractivity contribution in [2.45, 2.75) is 30.9 Å². The predicted octanol–water partition coefficient (Wildman–Crippen LogP) is 2.17. The first-order chi connectivity index (χ1) is 17.5. The van der Waals surface area contributed by atoms with Crippen LogP contribution in [-0.4, -0.2) is 84.2 Å². The van der Waals surface area contributed by atoms with E-state index >= 15 is 0 Å². The molecule has 4 rings (SSSR count). The van der Waals surface area contributed by atoms with Crippen molar-refractivity contribution in [3.63, 3.8) is 0 Å². The zero-order chi connectivity index (χ0) is 25.5. The van der Waals surface area contributed by atoms with Crippen LogP contribution < -0.4 is 9.47 Å². The number of esters is 2. The number of carbonyl (C=O) groups is 2. The SMILES string of the molecule is COC(=O)c1ccc(OC[C@H]2OCO[C@H](COc3ccc(C(=O)OC)cc3)[C@H]3OC(OC)O[C@@H]32)cc1. The summed E-state index contributed by atoms with van der Waals surface area (Å²) in [5.74, 6) is 0.239. The highest BCUT2D eigenvalue weighted by atomic mass is 16.9. The maximum absolute atomic E-state index is 11.6. The maximum atomic E-state index is 11.6. The van der Waals surface area contributed by atoms with Crippen LogP contribution in [0.25, 0.3) is 0 Å². The Morgan fingerprint density at radius 2 is 1.14 bits per heavy atom. The highest BCUT2D eigenvalue weighted by Crippen LogP contribution is 2.31. The molecule has 2 aromatic rings. The van der Waals surface area contributed by atoms with E-state index in [1.807, 2.05) is 0 Å². The lowest BCUT2D eigenvalue weighted by molar-refractivity contribution is -0.252. The van der Waals surface area contributed by atoms with E-state index in [1.165, 1.54) is 21.3 Å². The van der Waals surface area contributed by atoms with Crippen molar-refractivity contribution >= 4 is 11.9 Å². The molecule has 2 aliphatic rings. The molecule has 2 heterocycles. The van der Waals surface area contributed by atoms with Crippen molar-refractivity contribution in [1.82, 2.24) is 0 Å². The number of carbonyl (C=O) groups excluding carboxylic acids is 2. The van der Waals surface area contributed by atoms with Crippen molar-refractivity contribution in [2.75, 3.05) is 41.3 Å². The van der Waals surface area contributed by atoms with E-state index in [-0.39, 0.29) is 20.0 Å². The molecule has 0 spiro atoms. The average Bonchev–Trinajstić information content (AvgIpc) is 3.29. The zero-order valence-corrected chi connectivity index (χ0v) is 20.1. The first kappa shape index (κ1) is 25.9. The molecule has 4 atom stereocenters.